The minimum atomic E-state index is 0.576. The zero-order valence-corrected chi connectivity index (χ0v) is 12.8. The van der Waals surface area contributed by atoms with Gasteiger partial charge in [0.2, 0.25) is 0 Å². The molecule has 0 amide bonds. The van der Waals surface area contributed by atoms with Gasteiger partial charge in [0.15, 0.2) is 5.16 Å². The quantitative estimate of drug-likeness (QED) is 0.271. The lowest BCUT2D eigenvalue weighted by atomic mass is 10.1. The average Bonchev–Trinajstić information content (AvgIpc) is 2.59. The molecule has 5 heteroatoms. The summed E-state index contributed by atoms with van der Waals surface area (Å²) in [4.78, 5) is 11.4. The lowest BCUT2D eigenvalue weighted by Crippen LogP contribution is -1.91. The van der Waals surface area contributed by atoms with Crippen molar-refractivity contribution < 1.29 is 0 Å². The van der Waals surface area contributed by atoms with Gasteiger partial charge in [-0.1, -0.05) is 35.7 Å². The topological polar surface area (TPSA) is 25.8 Å². The fourth-order valence-corrected chi connectivity index (χ4v) is 4.68. The van der Waals surface area contributed by atoms with E-state index in [4.69, 9.17) is 18.0 Å². The number of aromatic nitrogens is 2. The number of nitrogens with zero attached hydrogens (tertiary/aromatic N) is 2. The first kappa shape index (κ1) is 13.2. The van der Waals surface area contributed by atoms with Crippen LogP contribution in [0.15, 0.2) is 5.16 Å². The number of fused-ring (bicyclic) bond motifs is 3. The van der Waals surface area contributed by atoms with Crippen LogP contribution in [0.1, 0.15) is 29.7 Å². The second kappa shape index (κ2) is 5.70. The van der Waals surface area contributed by atoms with E-state index in [1.165, 1.54) is 41.5 Å². The fourth-order valence-electron chi connectivity index (χ4n) is 2.44. The van der Waals surface area contributed by atoms with Crippen LogP contribution in [0.5, 0.6) is 0 Å². The largest absolute Gasteiger partial charge is 0.211 e. The summed E-state index contributed by atoms with van der Waals surface area (Å²) in [6, 6.07) is 0. The molecule has 0 spiro atoms. The van der Waals surface area contributed by atoms with Gasteiger partial charge >= 0.3 is 0 Å². The van der Waals surface area contributed by atoms with E-state index < -0.39 is 0 Å². The second-order valence-electron chi connectivity index (χ2n) is 4.53. The Morgan fingerprint density at radius 2 is 2.11 bits per heavy atom. The molecule has 0 bridgehead atoms. The molecule has 0 unspecified atom stereocenters. The van der Waals surface area contributed by atoms with E-state index in [0.29, 0.717) is 16.1 Å². The van der Waals surface area contributed by atoms with Crippen molar-refractivity contribution in [1.29, 1.82) is 0 Å². The number of hydrogen-bond donors (Lipinski definition) is 0. The molecular weight excluding hydrogens is 296 g/mol. The number of hydrogen-bond acceptors (Lipinski definition) is 4. The standard InChI is InChI=1S/C14H13ClN2S2/c1-2-8-18-14-16-12(15)11-9-6-4-3-5-7-10(9)19-13(11)17-14/h1H,3-8H2. The fraction of sp³-hybridized carbons (Fsp3) is 0.429. The number of thiophene rings is 1. The van der Waals surface area contributed by atoms with Gasteiger partial charge in [0.25, 0.3) is 0 Å². The number of halogens is 1. The maximum Gasteiger partial charge on any atom is 0.191 e. The highest BCUT2D eigenvalue weighted by Gasteiger charge is 2.19. The molecule has 19 heavy (non-hydrogen) atoms. The Labute approximate surface area is 126 Å². The van der Waals surface area contributed by atoms with Crippen molar-refractivity contribution in [3.63, 3.8) is 0 Å². The molecule has 0 saturated heterocycles. The van der Waals surface area contributed by atoms with Crippen molar-refractivity contribution in [3.05, 3.63) is 15.6 Å². The lowest BCUT2D eigenvalue weighted by Gasteiger charge is -2.02. The highest BCUT2D eigenvalue weighted by molar-refractivity contribution is 7.99. The van der Waals surface area contributed by atoms with Crippen LogP contribution in [-0.4, -0.2) is 15.7 Å². The van der Waals surface area contributed by atoms with Gasteiger partial charge in [-0.3, -0.25) is 0 Å². The minimum Gasteiger partial charge on any atom is -0.211 e. The van der Waals surface area contributed by atoms with Crippen LogP contribution >= 0.6 is 34.7 Å². The molecule has 2 heterocycles. The second-order valence-corrected chi connectivity index (χ2v) is 6.92. The van der Waals surface area contributed by atoms with E-state index in [1.807, 2.05) is 0 Å². The van der Waals surface area contributed by atoms with Crippen molar-refractivity contribution in [2.45, 2.75) is 37.3 Å². The molecule has 3 rings (SSSR count). The molecule has 0 atom stereocenters. The van der Waals surface area contributed by atoms with Crippen molar-refractivity contribution in [2.75, 3.05) is 5.75 Å². The van der Waals surface area contributed by atoms with E-state index in [9.17, 15) is 0 Å². The number of rotatable bonds is 2. The van der Waals surface area contributed by atoms with Crippen LogP contribution in [0.4, 0.5) is 0 Å². The van der Waals surface area contributed by atoms with E-state index in [0.717, 1.165) is 23.1 Å². The number of aryl methyl sites for hydroxylation is 2. The molecule has 2 aromatic heterocycles. The third kappa shape index (κ3) is 2.60. The van der Waals surface area contributed by atoms with Gasteiger partial charge in [-0.25, -0.2) is 9.97 Å². The molecule has 0 fully saturated rings. The highest BCUT2D eigenvalue weighted by Crippen LogP contribution is 2.38. The van der Waals surface area contributed by atoms with Crippen LogP contribution in [0.25, 0.3) is 10.2 Å². The predicted molar refractivity (Wildman–Crippen MR) is 83.2 cm³/mol. The summed E-state index contributed by atoms with van der Waals surface area (Å²) in [6.45, 7) is 0. The molecule has 1 aliphatic rings. The van der Waals surface area contributed by atoms with Gasteiger partial charge in [-0.15, -0.1) is 17.8 Å². The maximum absolute atomic E-state index is 6.36. The molecule has 0 radical (unpaired) electrons. The predicted octanol–water partition coefficient (Wildman–Crippen LogP) is 4.34. The molecule has 0 saturated carbocycles. The number of terminal acetylenes is 1. The molecular formula is C14H13ClN2S2. The zero-order chi connectivity index (χ0) is 13.2. The van der Waals surface area contributed by atoms with E-state index in [-0.39, 0.29) is 0 Å². The third-order valence-electron chi connectivity index (χ3n) is 3.28. The van der Waals surface area contributed by atoms with Gasteiger partial charge in [0, 0.05) is 4.88 Å². The third-order valence-corrected chi connectivity index (χ3v) is 5.50. The summed E-state index contributed by atoms with van der Waals surface area (Å²) in [6.07, 6.45) is 11.3. The average molecular weight is 309 g/mol. The first-order chi connectivity index (χ1) is 9.29. The number of thioether (sulfide) groups is 1. The van der Waals surface area contributed by atoms with Gasteiger partial charge in [0.1, 0.15) is 9.98 Å². The summed E-state index contributed by atoms with van der Waals surface area (Å²) in [5.41, 5.74) is 1.39. The van der Waals surface area contributed by atoms with Gasteiger partial charge < -0.3 is 0 Å². The molecule has 0 aromatic carbocycles. The molecule has 98 valence electrons. The molecule has 0 N–H and O–H groups in total. The van der Waals surface area contributed by atoms with Crippen LogP contribution in [0, 0.1) is 12.3 Å². The van der Waals surface area contributed by atoms with E-state index in [2.05, 4.69) is 15.9 Å². The molecule has 2 nitrogen and oxygen atoms in total. The minimum absolute atomic E-state index is 0.576. The molecule has 1 aliphatic carbocycles. The van der Waals surface area contributed by atoms with Crippen molar-refractivity contribution in [1.82, 2.24) is 9.97 Å². The SMILES string of the molecule is C#CCSc1nc(Cl)c2c3c(sc2n1)CCCCC3. The lowest BCUT2D eigenvalue weighted by molar-refractivity contribution is 0.713. The van der Waals surface area contributed by atoms with Crippen LogP contribution in [0.3, 0.4) is 0 Å². The maximum atomic E-state index is 6.36. The molecule has 2 aromatic rings. The van der Waals surface area contributed by atoms with Gasteiger partial charge in [0.05, 0.1) is 11.1 Å². The van der Waals surface area contributed by atoms with Crippen molar-refractivity contribution in [3.8, 4) is 12.3 Å². The monoisotopic (exact) mass is 308 g/mol. The normalized spacial score (nSPS) is 14.9. The summed E-state index contributed by atoms with van der Waals surface area (Å²) >= 11 is 9.60. The summed E-state index contributed by atoms with van der Waals surface area (Å²) in [5, 5.41) is 2.35. The Bertz CT molecular complexity index is 657. The van der Waals surface area contributed by atoms with Crippen LogP contribution in [-0.2, 0) is 12.8 Å². The van der Waals surface area contributed by atoms with E-state index >= 15 is 0 Å². The Balaban J connectivity index is 2.09. The zero-order valence-electron chi connectivity index (χ0n) is 10.4. The summed E-state index contributed by atoms with van der Waals surface area (Å²) < 4.78 is 0. The first-order valence-electron chi connectivity index (χ1n) is 6.33. The van der Waals surface area contributed by atoms with Crippen LogP contribution < -0.4 is 0 Å². The molecule has 0 aliphatic heterocycles. The van der Waals surface area contributed by atoms with E-state index in [1.54, 1.807) is 11.3 Å². The van der Waals surface area contributed by atoms with Gasteiger partial charge in [-0.2, -0.15) is 0 Å². The summed E-state index contributed by atoms with van der Waals surface area (Å²) in [5.74, 6) is 3.16. The first-order valence-corrected chi connectivity index (χ1v) is 8.51. The van der Waals surface area contributed by atoms with Crippen molar-refractivity contribution in [2.24, 2.45) is 0 Å². The van der Waals surface area contributed by atoms with Crippen molar-refractivity contribution >= 4 is 44.9 Å². The highest BCUT2D eigenvalue weighted by atomic mass is 35.5. The Hall–Kier alpha value is -0.760. The van der Waals surface area contributed by atoms with Gasteiger partial charge in [-0.05, 0) is 31.2 Å². The Morgan fingerprint density at radius 1 is 1.26 bits per heavy atom. The smallest absolute Gasteiger partial charge is 0.191 e. The van der Waals surface area contributed by atoms with Crippen LogP contribution in [0.2, 0.25) is 5.15 Å². The Kier molecular flexibility index (Phi) is 3.97. The summed E-state index contributed by atoms with van der Waals surface area (Å²) in [7, 11) is 0. The Morgan fingerprint density at radius 3 is 2.95 bits per heavy atom.